The molecule has 2 aromatic carbocycles. The molecule has 2 rings (SSSR count). The number of halogens is 2. The van der Waals surface area contributed by atoms with E-state index in [1.807, 2.05) is 0 Å². The molecule has 0 aliphatic heterocycles. The second kappa shape index (κ2) is 6.97. The Morgan fingerprint density at radius 1 is 0.682 bits per heavy atom. The molecule has 0 unspecified atom stereocenters. The van der Waals surface area contributed by atoms with Crippen LogP contribution in [0.1, 0.15) is 20.8 Å². The first kappa shape index (κ1) is 16.6. The molecule has 0 spiro atoms. The first-order valence-corrected chi connectivity index (χ1v) is 8.00. The van der Waals surface area contributed by atoms with Gasteiger partial charge < -0.3 is 0 Å². The van der Waals surface area contributed by atoms with Gasteiger partial charge in [-0.1, -0.05) is 56.1 Å². The molecule has 0 aromatic heterocycles. The lowest BCUT2D eigenvalue weighted by atomic mass is 10.0. The number of benzene rings is 2. The summed E-state index contributed by atoms with van der Waals surface area (Å²) in [5.74, 6) is 0. The number of hydrogen-bond acceptors (Lipinski definition) is 4. The zero-order valence-electron chi connectivity index (χ0n) is 11.1. The van der Waals surface area contributed by atoms with Crippen molar-refractivity contribution in [2.75, 3.05) is 0 Å². The Morgan fingerprint density at radius 3 is 1.18 bits per heavy atom. The Hall–Kier alpha value is -1.80. The average Bonchev–Trinajstić information content (AvgIpc) is 2.53. The molecule has 0 saturated heterocycles. The minimum atomic E-state index is -0.449. The molecule has 0 heterocycles. The lowest BCUT2D eigenvalue weighted by molar-refractivity contribution is -0.385. The van der Waals surface area contributed by atoms with Gasteiger partial charge in [0.25, 0.3) is 11.4 Å². The number of hydrogen-bond donors (Lipinski definition) is 0. The molecular weight excluding hydrogens is 420 g/mol. The maximum atomic E-state index is 10.7. The minimum absolute atomic E-state index is 0.0323. The number of non-ortho nitro benzene ring substituents is 2. The van der Waals surface area contributed by atoms with Crippen molar-refractivity contribution in [1.29, 1.82) is 0 Å². The molecule has 0 aliphatic carbocycles. The summed E-state index contributed by atoms with van der Waals surface area (Å²) >= 11 is 7.09. The summed E-state index contributed by atoms with van der Waals surface area (Å²) < 4.78 is 0. The van der Waals surface area contributed by atoms with Crippen molar-refractivity contribution in [3.05, 3.63) is 79.9 Å². The van der Waals surface area contributed by atoms with Crippen LogP contribution in [-0.2, 0) is 0 Å². The molecule has 8 heteroatoms. The van der Waals surface area contributed by atoms with Crippen molar-refractivity contribution in [2.45, 2.75) is 9.65 Å². The van der Waals surface area contributed by atoms with Crippen LogP contribution in [0.5, 0.6) is 0 Å². The normalized spacial score (nSPS) is 13.4. The predicted molar refractivity (Wildman–Crippen MR) is 89.5 cm³/mol. The molecule has 0 radical (unpaired) electrons. The van der Waals surface area contributed by atoms with Crippen molar-refractivity contribution in [1.82, 2.24) is 0 Å². The molecular formula is C14H10Br2N2O4. The van der Waals surface area contributed by atoms with Gasteiger partial charge in [-0.15, -0.1) is 0 Å². The van der Waals surface area contributed by atoms with Gasteiger partial charge in [0.05, 0.1) is 19.5 Å². The highest BCUT2D eigenvalue weighted by molar-refractivity contribution is 9.12. The third-order valence-electron chi connectivity index (χ3n) is 3.10. The Morgan fingerprint density at radius 2 is 0.955 bits per heavy atom. The average molecular weight is 430 g/mol. The van der Waals surface area contributed by atoms with Gasteiger partial charge in [-0.2, -0.15) is 0 Å². The van der Waals surface area contributed by atoms with Gasteiger partial charge in [-0.3, -0.25) is 20.2 Å². The zero-order valence-corrected chi connectivity index (χ0v) is 14.2. The lowest BCUT2D eigenvalue weighted by Gasteiger charge is -2.17. The maximum absolute atomic E-state index is 10.7. The maximum Gasteiger partial charge on any atom is 0.269 e. The summed E-state index contributed by atoms with van der Waals surface area (Å²) in [5, 5.41) is 21.3. The summed E-state index contributed by atoms with van der Waals surface area (Å²) in [5.41, 5.74) is 1.80. The van der Waals surface area contributed by atoms with E-state index in [0.717, 1.165) is 11.1 Å². The zero-order chi connectivity index (χ0) is 16.3. The Balaban J connectivity index is 2.18. The van der Waals surface area contributed by atoms with Gasteiger partial charge >= 0.3 is 0 Å². The fourth-order valence-corrected chi connectivity index (χ4v) is 3.12. The van der Waals surface area contributed by atoms with Crippen molar-refractivity contribution < 1.29 is 9.85 Å². The van der Waals surface area contributed by atoms with E-state index < -0.39 is 9.85 Å². The summed E-state index contributed by atoms with van der Waals surface area (Å²) in [4.78, 5) is 20.1. The largest absolute Gasteiger partial charge is 0.269 e. The van der Waals surface area contributed by atoms with E-state index >= 15 is 0 Å². The Labute approximate surface area is 142 Å². The number of alkyl halides is 2. The van der Waals surface area contributed by atoms with Crippen LogP contribution in [0.15, 0.2) is 48.5 Å². The van der Waals surface area contributed by atoms with E-state index in [1.54, 1.807) is 24.3 Å². The number of nitro groups is 2. The van der Waals surface area contributed by atoms with Gasteiger partial charge in [0.15, 0.2) is 0 Å². The molecule has 2 aromatic rings. The van der Waals surface area contributed by atoms with Crippen LogP contribution in [-0.4, -0.2) is 9.85 Å². The first-order chi connectivity index (χ1) is 10.4. The smallest absolute Gasteiger partial charge is 0.258 e. The van der Waals surface area contributed by atoms with Gasteiger partial charge in [0.2, 0.25) is 0 Å². The number of rotatable bonds is 5. The molecule has 114 valence electrons. The van der Waals surface area contributed by atoms with Gasteiger partial charge in [0.1, 0.15) is 0 Å². The van der Waals surface area contributed by atoms with Gasteiger partial charge in [-0.25, -0.2) is 0 Å². The molecule has 0 N–H and O–H groups in total. The van der Waals surface area contributed by atoms with E-state index in [4.69, 9.17) is 0 Å². The van der Waals surface area contributed by atoms with E-state index in [-0.39, 0.29) is 21.0 Å². The molecule has 22 heavy (non-hydrogen) atoms. The molecule has 0 fully saturated rings. The fourth-order valence-electron chi connectivity index (χ4n) is 1.90. The van der Waals surface area contributed by atoms with Crippen molar-refractivity contribution in [3.63, 3.8) is 0 Å². The van der Waals surface area contributed by atoms with Crippen molar-refractivity contribution in [3.8, 4) is 0 Å². The van der Waals surface area contributed by atoms with Crippen molar-refractivity contribution >= 4 is 43.2 Å². The number of nitrogens with zero attached hydrogens (tertiary/aromatic N) is 2. The van der Waals surface area contributed by atoms with Crippen molar-refractivity contribution in [2.24, 2.45) is 0 Å². The van der Waals surface area contributed by atoms with Crippen LogP contribution >= 0.6 is 31.9 Å². The van der Waals surface area contributed by atoms with Crippen LogP contribution in [0.4, 0.5) is 11.4 Å². The van der Waals surface area contributed by atoms with E-state index in [1.165, 1.54) is 24.3 Å². The summed E-state index contributed by atoms with van der Waals surface area (Å²) in [7, 11) is 0. The molecule has 2 atom stereocenters. The highest BCUT2D eigenvalue weighted by atomic mass is 79.9. The second-order valence-corrected chi connectivity index (χ2v) is 6.47. The van der Waals surface area contributed by atoms with Crippen LogP contribution in [0.2, 0.25) is 0 Å². The third-order valence-corrected chi connectivity index (χ3v) is 5.93. The highest BCUT2D eigenvalue weighted by Gasteiger charge is 2.21. The SMILES string of the molecule is O=[N+]([O-])c1ccc([C@@H](Br)[C@H](Br)c2ccc([N+](=O)[O-])cc2)cc1. The van der Waals surface area contributed by atoms with E-state index in [2.05, 4.69) is 31.9 Å². The highest BCUT2D eigenvalue weighted by Crippen LogP contribution is 2.42. The molecule has 0 aliphatic rings. The lowest BCUT2D eigenvalue weighted by Crippen LogP contribution is -2.00. The van der Waals surface area contributed by atoms with Gasteiger partial charge in [-0.05, 0) is 11.1 Å². The second-order valence-electron chi connectivity index (χ2n) is 4.50. The fraction of sp³-hybridized carbons (Fsp3) is 0.143. The summed E-state index contributed by atoms with van der Waals surface area (Å²) in [6.45, 7) is 0. The molecule has 6 nitrogen and oxygen atoms in total. The van der Waals surface area contributed by atoms with Crippen LogP contribution < -0.4 is 0 Å². The first-order valence-electron chi connectivity index (χ1n) is 6.17. The van der Waals surface area contributed by atoms with Gasteiger partial charge in [0, 0.05) is 24.3 Å². The minimum Gasteiger partial charge on any atom is -0.258 e. The van der Waals surface area contributed by atoms with E-state index in [0.29, 0.717) is 0 Å². The summed E-state index contributed by atoms with van der Waals surface area (Å²) in [6, 6.07) is 12.5. The summed E-state index contributed by atoms with van der Waals surface area (Å²) in [6.07, 6.45) is 0. The van der Waals surface area contributed by atoms with Crippen LogP contribution in [0, 0.1) is 20.2 Å². The Bertz CT molecular complexity index is 627. The predicted octanol–water partition coefficient (Wildman–Crippen LogP) is 5.08. The number of nitro benzene ring substituents is 2. The quantitative estimate of drug-likeness (QED) is 0.377. The molecule has 0 amide bonds. The Kier molecular flexibility index (Phi) is 5.25. The standard InChI is InChI=1S/C14H10Br2N2O4/c15-13(9-1-5-11(6-2-9)17(19)20)14(16)10-3-7-12(8-4-10)18(21)22/h1-8,13-14H/t13-,14-/m1/s1. The molecule has 0 bridgehead atoms. The topological polar surface area (TPSA) is 86.3 Å². The van der Waals surface area contributed by atoms with Crippen LogP contribution in [0.3, 0.4) is 0 Å². The molecule has 0 saturated carbocycles. The van der Waals surface area contributed by atoms with Crippen LogP contribution in [0.25, 0.3) is 0 Å². The monoisotopic (exact) mass is 428 g/mol. The van der Waals surface area contributed by atoms with E-state index in [9.17, 15) is 20.2 Å². The third kappa shape index (κ3) is 3.69.